The molecule has 1 fully saturated rings. The van der Waals surface area contributed by atoms with Gasteiger partial charge < -0.3 is 0 Å². The SMILES string of the molecule is NOC1CCCN1. The predicted octanol–water partition coefficient (Wildman–Crippen LogP) is -0.414. The molecule has 1 aliphatic rings. The van der Waals surface area contributed by atoms with Crippen molar-refractivity contribution in [1.29, 1.82) is 0 Å². The van der Waals surface area contributed by atoms with E-state index in [0.29, 0.717) is 0 Å². The first-order chi connectivity index (χ1) is 3.43. The van der Waals surface area contributed by atoms with Crippen LogP contribution in [0.3, 0.4) is 0 Å². The fourth-order valence-corrected chi connectivity index (χ4v) is 0.769. The summed E-state index contributed by atoms with van der Waals surface area (Å²) in [4.78, 5) is 4.50. The molecule has 0 aliphatic carbocycles. The van der Waals surface area contributed by atoms with Crippen LogP contribution in [0.4, 0.5) is 0 Å². The molecule has 0 amide bonds. The Morgan fingerprint density at radius 3 is 2.86 bits per heavy atom. The Morgan fingerprint density at radius 1 is 1.71 bits per heavy atom. The Morgan fingerprint density at radius 2 is 2.57 bits per heavy atom. The van der Waals surface area contributed by atoms with Crippen molar-refractivity contribution < 1.29 is 4.84 Å². The molecular weight excluding hydrogens is 92.1 g/mol. The van der Waals surface area contributed by atoms with Gasteiger partial charge in [-0.1, -0.05) is 0 Å². The summed E-state index contributed by atoms with van der Waals surface area (Å²) in [6.45, 7) is 1.04. The Balaban J connectivity index is 2.14. The molecule has 3 nitrogen and oxygen atoms in total. The van der Waals surface area contributed by atoms with E-state index in [2.05, 4.69) is 10.2 Å². The molecule has 0 bridgehead atoms. The molecule has 0 aromatic heterocycles. The highest BCUT2D eigenvalue weighted by atomic mass is 16.6. The summed E-state index contributed by atoms with van der Waals surface area (Å²) in [5, 5.41) is 3.06. The van der Waals surface area contributed by atoms with E-state index in [9.17, 15) is 0 Å². The molecule has 0 aromatic rings. The summed E-state index contributed by atoms with van der Waals surface area (Å²) in [6.07, 6.45) is 2.36. The molecule has 0 saturated carbocycles. The fourth-order valence-electron chi connectivity index (χ4n) is 0.769. The van der Waals surface area contributed by atoms with Crippen LogP contribution in [0.1, 0.15) is 12.8 Å². The van der Waals surface area contributed by atoms with E-state index in [-0.39, 0.29) is 6.23 Å². The van der Waals surface area contributed by atoms with Gasteiger partial charge >= 0.3 is 0 Å². The van der Waals surface area contributed by atoms with E-state index in [1.165, 1.54) is 6.42 Å². The van der Waals surface area contributed by atoms with Crippen LogP contribution in [0.15, 0.2) is 0 Å². The second-order valence-corrected chi connectivity index (χ2v) is 1.72. The van der Waals surface area contributed by atoms with Crippen LogP contribution in [-0.4, -0.2) is 12.8 Å². The van der Waals surface area contributed by atoms with Gasteiger partial charge in [0.1, 0.15) is 6.23 Å². The summed E-state index contributed by atoms with van der Waals surface area (Å²) >= 11 is 0. The first-order valence-electron chi connectivity index (χ1n) is 2.52. The van der Waals surface area contributed by atoms with Crippen LogP contribution in [0.5, 0.6) is 0 Å². The predicted molar refractivity (Wildman–Crippen MR) is 26.3 cm³/mol. The zero-order chi connectivity index (χ0) is 5.11. The standard InChI is InChI=1S/C4H10N2O/c5-7-4-2-1-3-6-4/h4,6H,1-3,5H2. The van der Waals surface area contributed by atoms with Crippen molar-refractivity contribution in [3.8, 4) is 0 Å². The van der Waals surface area contributed by atoms with E-state index >= 15 is 0 Å². The number of nitrogens with two attached hydrogens (primary N) is 1. The van der Waals surface area contributed by atoms with Crippen molar-refractivity contribution in [3.05, 3.63) is 0 Å². The molecule has 1 unspecified atom stereocenters. The zero-order valence-electron chi connectivity index (χ0n) is 4.18. The van der Waals surface area contributed by atoms with Gasteiger partial charge in [0.15, 0.2) is 0 Å². The number of hydrogen-bond acceptors (Lipinski definition) is 3. The minimum absolute atomic E-state index is 0.125. The maximum atomic E-state index is 4.87. The van der Waals surface area contributed by atoms with Crippen molar-refractivity contribution in [2.45, 2.75) is 19.1 Å². The highest BCUT2D eigenvalue weighted by molar-refractivity contribution is 4.63. The van der Waals surface area contributed by atoms with Crippen LogP contribution < -0.4 is 11.2 Å². The molecule has 1 heterocycles. The number of hydrogen-bond donors (Lipinski definition) is 2. The second kappa shape index (κ2) is 2.26. The largest absolute Gasteiger partial charge is 0.290 e. The molecule has 0 radical (unpaired) electrons. The molecular formula is C4H10N2O. The minimum Gasteiger partial charge on any atom is -0.290 e. The molecule has 1 saturated heterocycles. The Bertz CT molecular complexity index is 51.7. The first kappa shape index (κ1) is 5.03. The van der Waals surface area contributed by atoms with Crippen LogP contribution in [0.2, 0.25) is 0 Å². The Kier molecular flexibility index (Phi) is 1.62. The molecule has 0 spiro atoms. The lowest BCUT2D eigenvalue weighted by Crippen LogP contribution is -2.27. The average molecular weight is 102 g/mol. The molecule has 42 valence electrons. The maximum Gasteiger partial charge on any atom is 0.129 e. The summed E-state index contributed by atoms with van der Waals surface area (Å²) < 4.78 is 0. The van der Waals surface area contributed by atoms with Gasteiger partial charge in [0, 0.05) is 0 Å². The van der Waals surface area contributed by atoms with Crippen molar-refractivity contribution in [1.82, 2.24) is 5.32 Å². The van der Waals surface area contributed by atoms with E-state index in [1.54, 1.807) is 0 Å². The van der Waals surface area contributed by atoms with Gasteiger partial charge in [-0.25, -0.2) is 5.90 Å². The summed E-state index contributed by atoms with van der Waals surface area (Å²) in [5.41, 5.74) is 0. The van der Waals surface area contributed by atoms with Gasteiger partial charge in [-0.3, -0.25) is 10.2 Å². The molecule has 1 atom stereocenters. The first-order valence-corrected chi connectivity index (χ1v) is 2.52. The highest BCUT2D eigenvalue weighted by Gasteiger charge is 2.11. The molecule has 3 N–H and O–H groups in total. The lowest BCUT2D eigenvalue weighted by molar-refractivity contribution is 0.0434. The van der Waals surface area contributed by atoms with Crippen LogP contribution >= 0.6 is 0 Å². The van der Waals surface area contributed by atoms with Gasteiger partial charge in [-0.05, 0) is 19.4 Å². The minimum atomic E-state index is 0.125. The quantitative estimate of drug-likeness (QED) is 0.442. The van der Waals surface area contributed by atoms with E-state index < -0.39 is 0 Å². The lowest BCUT2D eigenvalue weighted by Gasteiger charge is -2.03. The topological polar surface area (TPSA) is 47.3 Å². The van der Waals surface area contributed by atoms with Crippen LogP contribution in [-0.2, 0) is 4.84 Å². The molecule has 7 heavy (non-hydrogen) atoms. The van der Waals surface area contributed by atoms with Gasteiger partial charge in [0.25, 0.3) is 0 Å². The maximum absolute atomic E-state index is 4.87. The van der Waals surface area contributed by atoms with Crippen molar-refractivity contribution >= 4 is 0 Å². The molecule has 0 aromatic carbocycles. The summed E-state index contributed by atoms with van der Waals surface area (Å²) in [5.74, 6) is 4.87. The van der Waals surface area contributed by atoms with E-state index in [4.69, 9.17) is 5.90 Å². The van der Waals surface area contributed by atoms with Crippen molar-refractivity contribution in [2.24, 2.45) is 5.90 Å². The number of rotatable bonds is 1. The van der Waals surface area contributed by atoms with Crippen molar-refractivity contribution in [3.63, 3.8) is 0 Å². The van der Waals surface area contributed by atoms with Gasteiger partial charge in [-0.15, -0.1) is 0 Å². The number of nitrogens with one attached hydrogen (secondary N) is 1. The Labute approximate surface area is 42.8 Å². The zero-order valence-corrected chi connectivity index (χ0v) is 4.18. The van der Waals surface area contributed by atoms with Crippen LogP contribution in [0, 0.1) is 0 Å². The Hall–Kier alpha value is -0.120. The monoisotopic (exact) mass is 102 g/mol. The van der Waals surface area contributed by atoms with E-state index in [0.717, 1.165) is 13.0 Å². The molecule has 3 heteroatoms. The molecule has 1 rings (SSSR count). The summed E-state index contributed by atoms with van der Waals surface area (Å²) in [7, 11) is 0. The fraction of sp³-hybridized carbons (Fsp3) is 1.00. The third-order valence-corrected chi connectivity index (χ3v) is 1.18. The molecule has 1 aliphatic heterocycles. The van der Waals surface area contributed by atoms with Gasteiger partial charge in [0.05, 0.1) is 0 Å². The third kappa shape index (κ3) is 1.12. The third-order valence-electron chi connectivity index (χ3n) is 1.18. The normalized spacial score (nSPS) is 31.3. The summed E-state index contributed by atoms with van der Waals surface area (Å²) in [6, 6.07) is 0. The van der Waals surface area contributed by atoms with Gasteiger partial charge in [0.2, 0.25) is 0 Å². The highest BCUT2D eigenvalue weighted by Crippen LogP contribution is 2.02. The van der Waals surface area contributed by atoms with Crippen molar-refractivity contribution in [2.75, 3.05) is 6.54 Å². The smallest absolute Gasteiger partial charge is 0.129 e. The average Bonchev–Trinajstić information content (AvgIpc) is 2.14. The van der Waals surface area contributed by atoms with E-state index in [1.807, 2.05) is 0 Å². The lowest BCUT2D eigenvalue weighted by atomic mass is 10.4. The second-order valence-electron chi connectivity index (χ2n) is 1.72. The van der Waals surface area contributed by atoms with Crippen LogP contribution in [0.25, 0.3) is 0 Å². The van der Waals surface area contributed by atoms with Gasteiger partial charge in [-0.2, -0.15) is 0 Å².